The molecular formula is C20H21Br2N3O3. The van der Waals surface area contributed by atoms with Crippen LogP contribution >= 0.6 is 15.9 Å². The molecule has 0 saturated heterocycles. The zero-order chi connectivity index (χ0) is 18.4. The van der Waals surface area contributed by atoms with Crippen LogP contribution in [0.4, 0.5) is 11.4 Å². The second-order valence-electron chi connectivity index (χ2n) is 6.74. The van der Waals surface area contributed by atoms with Crippen molar-refractivity contribution in [1.29, 1.82) is 0 Å². The van der Waals surface area contributed by atoms with Gasteiger partial charge in [-0.2, -0.15) is 0 Å². The zero-order valence-electron chi connectivity index (χ0n) is 15.6. The summed E-state index contributed by atoms with van der Waals surface area (Å²) in [6, 6.07) is 8.05. The van der Waals surface area contributed by atoms with E-state index in [1.165, 1.54) is 0 Å². The Bertz CT molecular complexity index is 1040. The monoisotopic (exact) mass is 509 g/mol. The largest absolute Gasteiger partial charge is 1.00 e. The van der Waals surface area contributed by atoms with Crippen LogP contribution in [0.2, 0.25) is 0 Å². The molecular weight excluding hydrogens is 490 g/mol. The lowest BCUT2D eigenvalue weighted by Crippen LogP contribution is -3.00. The molecule has 148 valence electrons. The van der Waals surface area contributed by atoms with Gasteiger partial charge in [-0.05, 0) is 6.92 Å². The number of ether oxygens (including phenoxy) is 3. The molecule has 0 bridgehead atoms. The first-order valence-electron chi connectivity index (χ1n) is 9.34. The highest BCUT2D eigenvalue weighted by atomic mass is 79.9. The van der Waals surface area contributed by atoms with Gasteiger partial charge in [-0.1, -0.05) is 15.9 Å². The molecule has 0 unspecified atom stereocenters. The van der Waals surface area contributed by atoms with Gasteiger partial charge < -0.3 is 36.1 Å². The summed E-state index contributed by atoms with van der Waals surface area (Å²) in [5, 5.41) is 2.77. The molecule has 0 atom stereocenters. The maximum atomic E-state index is 6.26. The van der Waals surface area contributed by atoms with Gasteiger partial charge in [0.25, 0.3) is 0 Å². The van der Waals surface area contributed by atoms with Gasteiger partial charge in [0.2, 0.25) is 5.36 Å². The van der Waals surface area contributed by atoms with E-state index >= 15 is 0 Å². The molecule has 0 spiro atoms. The smallest absolute Gasteiger partial charge is 0.246 e. The predicted molar refractivity (Wildman–Crippen MR) is 107 cm³/mol. The number of alkyl halides is 1. The Morgan fingerprint density at radius 1 is 1.07 bits per heavy atom. The van der Waals surface area contributed by atoms with Gasteiger partial charge in [-0.15, -0.1) is 0 Å². The Morgan fingerprint density at radius 3 is 2.75 bits per heavy atom. The van der Waals surface area contributed by atoms with Gasteiger partial charge in [-0.3, -0.25) is 0 Å². The lowest BCUT2D eigenvalue weighted by molar-refractivity contribution is -0.00000666. The first-order valence-corrected chi connectivity index (χ1v) is 10.5. The molecule has 5 rings (SSSR count). The quantitative estimate of drug-likeness (QED) is 0.343. The van der Waals surface area contributed by atoms with Crippen LogP contribution in [0.15, 0.2) is 29.3 Å². The molecule has 0 N–H and O–H groups in total. The molecule has 8 heteroatoms. The van der Waals surface area contributed by atoms with Crippen LogP contribution in [0.25, 0.3) is 0 Å². The van der Waals surface area contributed by atoms with E-state index in [2.05, 4.69) is 32.3 Å². The van der Waals surface area contributed by atoms with Crippen molar-refractivity contribution in [2.75, 3.05) is 49.6 Å². The standard InChI is InChI=1S/C20H21BrN3O3.BrH/c1-2-23-5-7-25-19-9-13-17(11-15(19)23)27-18-12-16-20(10-14(18)22-13)26-8-6-24(16)4-3-21;/h9-12H,2-8H2,1H3;1H/q+1;/p-1. The fourth-order valence-corrected chi connectivity index (χ4v) is 4.25. The Labute approximate surface area is 182 Å². The fourth-order valence-electron chi connectivity index (χ4n) is 3.82. The number of hydrogen-bond donors (Lipinski definition) is 0. The maximum Gasteiger partial charge on any atom is 0.246 e. The minimum atomic E-state index is 0. The summed E-state index contributed by atoms with van der Waals surface area (Å²) in [5.41, 5.74) is 1.87. The summed E-state index contributed by atoms with van der Waals surface area (Å²) in [6.07, 6.45) is 0. The van der Waals surface area contributed by atoms with Crippen LogP contribution in [0.5, 0.6) is 23.0 Å². The Morgan fingerprint density at radius 2 is 1.93 bits per heavy atom. The van der Waals surface area contributed by atoms with Gasteiger partial charge in [0, 0.05) is 24.7 Å². The zero-order valence-corrected chi connectivity index (χ0v) is 18.8. The van der Waals surface area contributed by atoms with Crippen LogP contribution < -0.4 is 51.4 Å². The number of hydrogen-bond acceptors (Lipinski definition) is 5. The molecule has 2 aromatic rings. The molecule has 3 heterocycles. The molecule has 0 amide bonds. The number of likely N-dealkylation sites (N-methyl/N-ethyl adjacent to an activating group) is 1. The number of fused-ring (bicyclic) bond motifs is 4. The highest BCUT2D eigenvalue weighted by Gasteiger charge is 2.25. The van der Waals surface area contributed by atoms with Crippen molar-refractivity contribution in [3.63, 3.8) is 0 Å². The number of anilines is 1. The summed E-state index contributed by atoms with van der Waals surface area (Å²) in [4.78, 5) is 7.12. The molecule has 3 aliphatic heterocycles. The third-order valence-corrected chi connectivity index (χ3v) is 5.55. The molecule has 28 heavy (non-hydrogen) atoms. The van der Waals surface area contributed by atoms with Gasteiger partial charge in [0.1, 0.15) is 30.0 Å². The van der Waals surface area contributed by atoms with Crippen molar-refractivity contribution in [2.45, 2.75) is 6.92 Å². The third-order valence-electron chi connectivity index (χ3n) is 5.20. The second kappa shape index (κ2) is 7.91. The van der Waals surface area contributed by atoms with E-state index in [-0.39, 0.29) is 17.0 Å². The minimum Gasteiger partial charge on any atom is -1.00 e. The van der Waals surface area contributed by atoms with Crippen LogP contribution in [0.3, 0.4) is 0 Å². The fraction of sp³-hybridized carbons (Fsp3) is 0.400. The van der Waals surface area contributed by atoms with E-state index in [1.54, 1.807) is 0 Å². The summed E-state index contributed by atoms with van der Waals surface area (Å²) < 4.78 is 20.3. The Kier molecular flexibility index (Phi) is 5.51. The number of halogens is 2. The first kappa shape index (κ1) is 19.5. The van der Waals surface area contributed by atoms with Crippen LogP contribution in [0, 0.1) is 0 Å². The number of rotatable bonds is 3. The Hall–Kier alpha value is -1.80. The average molecular weight is 511 g/mol. The van der Waals surface area contributed by atoms with E-state index < -0.39 is 0 Å². The second-order valence-corrected chi connectivity index (χ2v) is 7.53. The summed E-state index contributed by atoms with van der Waals surface area (Å²) >= 11 is 3.53. The lowest BCUT2D eigenvalue weighted by Gasteiger charge is -2.31. The van der Waals surface area contributed by atoms with E-state index in [4.69, 9.17) is 19.2 Å². The number of benzene rings is 2. The topological polar surface area (TPSA) is 46.3 Å². The third kappa shape index (κ3) is 3.26. The molecule has 0 fully saturated rings. The molecule has 0 aromatic heterocycles. The van der Waals surface area contributed by atoms with Gasteiger partial charge >= 0.3 is 0 Å². The molecule has 2 aromatic carbocycles. The SMILES string of the molecule is CCN1CCOc2cc3c(cc21)Oc1cc2c(cc1=N3)OCC[N+]=2CCBr.[Br-]. The van der Waals surface area contributed by atoms with E-state index in [1.807, 2.05) is 24.3 Å². The summed E-state index contributed by atoms with van der Waals surface area (Å²) in [5.74, 6) is 3.28. The van der Waals surface area contributed by atoms with Crippen molar-refractivity contribution >= 4 is 27.3 Å². The predicted octanol–water partition coefficient (Wildman–Crippen LogP) is -0.755. The van der Waals surface area contributed by atoms with E-state index in [9.17, 15) is 0 Å². The van der Waals surface area contributed by atoms with Crippen molar-refractivity contribution in [3.05, 3.63) is 35.0 Å². The highest BCUT2D eigenvalue weighted by molar-refractivity contribution is 9.09. The van der Waals surface area contributed by atoms with Gasteiger partial charge in [-0.25, -0.2) is 9.57 Å². The molecule has 0 aliphatic carbocycles. The molecule has 6 nitrogen and oxygen atoms in total. The minimum absolute atomic E-state index is 0. The van der Waals surface area contributed by atoms with E-state index in [0.717, 1.165) is 76.6 Å². The molecule has 3 aliphatic rings. The van der Waals surface area contributed by atoms with Gasteiger partial charge in [0.05, 0.1) is 23.6 Å². The maximum absolute atomic E-state index is 6.26. The number of nitrogens with zero attached hydrogens (tertiary/aromatic N) is 3. The van der Waals surface area contributed by atoms with Gasteiger partial charge in [0.15, 0.2) is 30.3 Å². The van der Waals surface area contributed by atoms with Crippen molar-refractivity contribution in [3.8, 4) is 23.0 Å². The summed E-state index contributed by atoms with van der Waals surface area (Å²) in [6.45, 7) is 7.17. The van der Waals surface area contributed by atoms with Crippen LogP contribution in [-0.2, 0) is 0 Å². The summed E-state index contributed by atoms with van der Waals surface area (Å²) in [7, 11) is 0. The lowest BCUT2D eigenvalue weighted by atomic mass is 10.1. The average Bonchev–Trinajstić information content (AvgIpc) is 2.69. The molecule has 0 saturated carbocycles. The van der Waals surface area contributed by atoms with Crippen molar-refractivity contribution in [1.82, 2.24) is 4.58 Å². The van der Waals surface area contributed by atoms with E-state index in [0.29, 0.717) is 13.2 Å². The highest BCUT2D eigenvalue weighted by Crippen LogP contribution is 2.44. The van der Waals surface area contributed by atoms with Crippen molar-refractivity contribution < 1.29 is 31.2 Å². The van der Waals surface area contributed by atoms with Crippen LogP contribution in [0.1, 0.15) is 6.92 Å². The normalized spacial score (nSPS) is 16.1. The Balaban J connectivity index is 0.00000192. The van der Waals surface area contributed by atoms with Crippen LogP contribution in [-0.4, -0.2) is 44.7 Å². The molecule has 0 radical (unpaired) electrons. The van der Waals surface area contributed by atoms with Crippen molar-refractivity contribution in [2.24, 2.45) is 4.99 Å². The first-order chi connectivity index (χ1) is 13.3.